The van der Waals surface area contributed by atoms with E-state index in [-0.39, 0.29) is 22.6 Å². The van der Waals surface area contributed by atoms with Gasteiger partial charge in [-0.2, -0.15) is 0 Å². The molecule has 0 spiro atoms. The van der Waals surface area contributed by atoms with Gasteiger partial charge in [0, 0.05) is 17.5 Å². The number of ether oxygens (including phenoxy) is 2. The van der Waals surface area contributed by atoms with Gasteiger partial charge in [0.2, 0.25) is 0 Å². The van der Waals surface area contributed by atoms with E-state index in [9.17, 15) is 9.18 Å². The van der Waals surface area contributed by atoms with Gasteiger partial charge in [-0.25, -0.2) is 4.39 Å². The average Bonchev–Trinajstić information content (AvgIpc) is 2.59. The van der Waals surface area contributed by atoms with Crippen molar-refractivity contribution >= 4 is 5.91 Å². The topological polar surface area (TPSA) is 47.6 Å². The molecule has 1 amide bonds. The lowest BCUT2D eigenvalue weighted by atomic mass is 9.84. The molecule has 2 rings (SSSR count). The molecule has 128 valence electrons. The van der Waals surface area contributed by atoms with Gasteiger partial charge in [-0.1, -0.05) is 26.0 Å². The molecule has 5 heteroatoms. The number of methoxy groups -OCH3 is 2. The minimum Gasteiger partial charge on any atom is -0.497 e. The van der Waals surface area contributed by atoms with Crippen molar-refractivity contribution < 1.29 is 18.7 Å². The Kier molecular flexibility index (Phi) is 5.44. The van der Waals surface area contributed by atoms with E-state index >= 15 is 0 Å². The van der Waals surface area contributed by atoms with E-state index in [1.165, 1.54) is 25.3 Å². The highest BCUT2D eigenvalue weighted by Gasteiger charge is 2.22. The molecular formula is C19H22FNO3. The lowest BCUT2D eigenvalue weighted by molar-refractivity contribution is 0.0945. The predicted octanol–water partition coefficient (Wildman–Crippen LogP) is 3.55. The van der Waals surface area contributed by atoms with Crippen LogP contribution in [0, 0.1) is 5.82 Å². The third-order valence-electron chi connectivity index (χ3n) is 3.98. The second kappa shape index (κ2) is 7.34. The standard InChI is InChI=1S/C19H22FNO3/c1-19(2,14-6-8-15(23-3)9-7-14)12-21-18(22)13-5-10-17(24-4)16(20)11-13/h5-11H,12H2,1-4H3,(H,21,22). The third kappa shape index (κ3) is 4.04. The van der Waals surface area contributed by atoms with Crippen LogP contribution in [0.1, 0.15) is 29.8 Å². The maximum absolute atomic E-state index is 13.7. The molecule has 0 unspecified atom stereocenters. The first-order valence-corrected chi connectivity index (χ1v) is 7.63. The van der Waals surface area contributed by atoms with Gasteiger partial charge in [0.15, 0.2) is 11.6 Å². The van der Waals surface area contributed by atoms with Crippen molar-refractivity contribution in [2.24, 2.45) is 0 Å². The lowest BCUT2D eigenvalue weighted by Gasteiger charge is -2.26. The lowest BCUT2D eigenvalue weighted by Crippen LogP contribution is -2.36. The minimum absolute atomic E-state index is 0.116. The summed E-state index contributed by atoms with van der Waals surface area (Å²) in [5.41, 5.74) is 1.07. The molecule has 0 bridgehead atoms. The van der Waals surface area contributed by atoms with E-state index in [1.54, 1.807) is 7.11 Å². The van der Waals surface area contributed by atoms with Gasteiger partial charge in [-0.3, -0.25) is 4.79 Å². The number of benzene rings is 2. The van der Waals surface area contributed by atoms with E-state index in [0.717, 1.165) is 11.3 Å². The summed E-state index contributed by atoms with van der Waals surface area (Å²) in [6.45, 7) is 4.49. The largest absolute Gasteiger partial charge is 0.497 e. The Labute approximate surface area is 141 Å². The Bertz CT molecular complexity index is 711. The molecule has 0 fully saturated rings. The fourth-order valence-electron chi connectivity index (χ4n) is 2.36. The highest BCUT2D eigenvalue weighted by molar-refractivity contribution is 5.94. The average molecular weight is 331 g/mol. The van der Waals surface area contributed by atoms with Crippen LogP contribution in [0.25, 0.3) is 0 Å². The first kappa shape index (κ1) is 17.8. The van der Waals surface area contributed by atoms with Crippen LogP contribution in [0.15, 0.2) is 42.5 Å². The van der Waals surface area contributed by atoms with E-state index < -0.39 is 5.82 Å². The van der Waals surface area contributed by atoms with Gasteiger partial charge in [-0.05, 0) is 35.9 Å². The fraction of sp³-hybridized carbons (Fsp3) is 0.316. The van der Waals surface area contributed by atoms with Crippen LogP contribution < -0.4 is 14.8 Å². The number of carbonyl (C=O) groups is 1. The Morgan fingerprint density at radius 3 is 2.29 bits per heavy atom. The third-order valence-corrected chi connectivity index (χ3v) is 3.98. The molecule has 0 saturated heterocycles. The second-order valence-electron chi connectivity index (χ2n) is 6.14. The van der Waals surface area contributed by atoms with Crippen molar-refractivity contribution in [3.8, 4) is 11.5 Å². The molecule has 4 nitrogen and oxygen atoms in total. The summed E-state index contributed by atoms with van der Waals surface area (Å²) in [5.74, 6) is 0.0233. The van der Waals surface area contributed by atoms with Gasteiger partial charge >= 0.3 is 0 Å². The van der Waals surface area contributed by atoms with Crippen LogP contribution in [0.5, 0.6) is 11.5 Å². The second-order valence-corrected chi connectivity index (χ2v) is 6.14. The predicted molar refractivity (Wildman–Crippen MR) is 91.3 cm³/mol. The van der Waals surface area contributed by atoms with Crippen molar-refractivity contribution in [1.82, 2.24) is 5.32 Å². The smallest absolute Gasteiger partial charge is 0.251 e. The minimum atomic E-state index is -0.556. The number of rotatable bonds is 6. The molecule has 24 heavy (non-hydrogen) atoms. The molecule has 0 heterocycles. The Balaban J connectivity index is 2.05. The molecule has 1 N–H and O–H groups in total. The van der Waals surface area contributed by atoms with Crippen LogP contribution in [0.3, 0.4) is 0 Å². The molecule has 0 atom stereocenters. The van der Waals surface area contributed by atoms with Crippen molar-refractivity contribution in [1.29, 1.82) is 0 Å². The van der Waals surface area contributed by atoms with Crippen molar-refractivity contribution in [3.63, 3.8) is 0 Å². The maximum atomic E-state index is 13.7. The van der Waals surface area contributed by atoms with Crippen LogP contribution in [-0.2, 0) is 5.41 Å². The number of hydrogen-bond acceptors (Lipinski definition) is 3. The van der Waals surface area contributed by atoms with Crippen LogP contribution in [0.2, 0.25) is 0 Å². The van der Waals surface area contributed by atoms with Gasteiger partial charge in [0.25, 0.3) is 5.91 Å². The quantitative estimate of drug-likeness (QED) is 0.880. The SMILES string of the molecule is COc1ccc(C(C)(C)CNC(=O)c2ccc(OC)c(F)c2)cc1. The summed E-state index contributed by atoms with van der Waals surface area (Å²) >= 11 is 0. The maximum Gasteiger partial charge on any atom is 0.251 e. The molecule has 0 saturated carbocycles. The van der Waals surface area contributed by atoms with Gasteiger partial charge in [0.1, 0.15) is 5.75 Å². The number of nitrogens with one attached hydrogen (secondary N) is 1. The first-order valence-electron chi connectivity index (χ1n) is 7.63. The summed E-state index contributed by atoms with van der Waals surface area (Å²) in [6, 6.07) is 11.9. The summed E-state index contributed by atoms with van der Waals surface area (Å²) in [6.07, 6.45) is 0. The normalized spacial score (nSPS) is 11.0. The zero-order valence-corrected chi connectivity index (χ0v) is 14.4. The van der Waals surface area contributed by atoms with Crippen molar-refractivity contribution in [2.75, 3.05) is 20.8 Å². The van der Waals surface area contributed by atoms with E-state index in [2.05, 4.69) is 5.32 Å². The van der Waals surface area contributed by atoms with Crippen molar-refractivity contribution in [2.45, 2.75) is 19.3 Å². The fourth-order valence-corrected chi connectivity index (χ4v) is 2.36. The van der Waals surface area contributed by atoms with E-state index in [0.29, 0.717) is 6.54 Å². The number of amides is 1. The zero-order valence-electron chi connectivity index (χ0n) is 14.4. The van der Waals surface area contributed by atoms with Crippen LogP contribution in [-0.4, -0.2) is 26.7 Å². The Morgan fingerprint density at radius 1 is 1.08 bits per heavy atom. The summed E-state index contributed by atoms with van der Waals surface area (Å²) in [7, 11) is 3.00. The van der Waals surface area contributed by atoms with Gasteiger partial charge in [0.05, 0.1) is 14.2 Å². The first-order chi connectivity index (χ1) is 11.4. The Hall–Kier alpha value is -2.56. The van der Waals surface area contributed by atoms with Crippen LogP contribution >= 0.6 is 0 Å². The molecule has 0 radical (unpaired) electrons. The molecule has 2 aromatic rings. The van der Waals surface area contributed by atoms with E-state index in [4.69, 9.17) is 9.47 Å². The summed E-state index contributed by atoms with van der Waals surface area (Å²) in [5, 5.41) is 2.85. The molecule has 0 aliphatic heterocycles. The number of carbonyl (C=O) groups excluding carboxylic acids is 1. The molecule has 0 aliphatic carbocycles. The summed E-state index contributed by atoms with van der Waals surface area (Å²) < 4.78 is 23.7. The highest BCUT2D eigenvalue weighted by atomic mass is 19.1. The molecule has 0 aliphatic rings. The van der Waals surface area contributed by atoms with Crippen LogP contribution in [0.4, 0.5) is 4.39 Å². The zero-order chi connectivity index (χ0) is 17.7. The van der Waals surface area contributed by atoms with Gasteiger partial charge in [-0.15, -0.1) is 0 Å². The van der Waals surface area contributed by atoms with E-state index in [1.807, 2.05) is 38.1 Å². The molecular weight excluding hydrogens is 309 g/mol. The van der Waals surface area contributed by atoms with Gasteiger partial charge < -0.3 is 14.8 Å². The Morgan fingerprint density at radius 2 is 1.75 bits per heavy atom. The van der Waals surface area contributed by atoms with Crippen molar-refractivity contribution in [3.05, 3.63) is 59.4 Å². The molecule has 0 aromatic heterocycles. The number of hydrogen-bond donors (Lipinski definition) is 1. The monoisotopic (exact) mass is 331 g/mol. The summed E-state index contributed by atoms with van der Waals surface area (Å²) in [4.78, 5) is 12.2. The number of halogens is 1. The molecule has 2 aromatic carbocycles. The highest BCUT2D eigenvalue weighted by Crippen LogP contribution is 2.25.